The molecule has 1 aliphatic heterocycles. The van der Waals surface area contributed by atoms with Crippen molar-refractivity contribution in [3.05, 3.63) is 0 Å². The van der Waals surface area contributed by atoms with Gasteiger partial charge >= 0.3 is 0 Å². The average Bonchev–Trinajstić information content (AvgIpc) is 2.50. The highest BCUT2D eigenvalue weighted by molar-refractivity contribution is 5.77. The summed E-state index contributed by atoms with van der Waals surface area (Å²) in [5.41, 5.74) is 0. The number of nitrogens with one attached hydrogen (secondary N) is 1. The lowest BCUT2D eigenvalue weighted by Gasteiger charge is -2.29. The average molecular weight is 268 g/mol. The molecule has 1 saturated heterocycles. The first kappa shape index (κ1) is 16.2. The maximum atomic E-state index is 11.7. The van der Waals surface area contributed by atoms with Crippen molar-refractivity contribution in [3.63, 3.8) is 0 Å². The fourth-order valence-electron chi connectivity index (χ4n) is 2.73. The minimum atomic E-state index is 0.112. The lowest BCUT2D eigenvalue weighted by atomic mass is 10.0. The van der Waals surface area contributed by atoms with Gasteiger partial charge in [0.1, 0.15) is 5.78 Å². The Balaban J connectivity index is 2.45. The maximum absolute atomic E-state index is 11.7. The zero-order chi connectivity index (χ0) is 14.3. The molecule has 19 heavy (non-hydrogen) atoms. The highest BCUT2D eigenvalue weighted by atomic mass is 16.1. The molecule has 0 radical (unpaired) electrons. The highest BCUT2D eigenvalue weighted by Gasteiger charge is 2.22. The van der Waals surface area contributed by atoms with Crippen molar-refractivity contribution in [3.8, 4) is 0 Å². The van der Waals surface area contributed by atoms with Crippen molar-refractivity contribution in [1.29, 1.82) is 0 Å². The third-order valence-electron chi connectivity index (χ3n) is 3.60. The Morgan fingerprint density at radius 1 is 1.26 bits per heavy atom. The second kappa shape index (κ2) is 8.31. The van der Waals surface area contributed by atoms with E-state index >= 15 is 0 Å². The number of carbonyl (C=O) groups excluding carboxylic acids is 2. The molecule has 0 saturated carbocycles. The monoisotopic (exact) mass is 268 g/mol. The topological polar surface area (TPSA) is 49.4 Å². The molecule has 1 atom stereocenters. The third-order valence-corrected chi connectivity index (χ3v) is 3.60. The van der Waals surface area contributed by atoms with Gasteiger partial charge in [-0.05, 0) is 40.2 Å². The Bertz CT molecular complexity index is 303. The van der Waals surface area contributed by atoms with Gasteiger partial charge in [-0.25, -0.2) is 0 Å². The van der Waals surface area contributed by atoms with Crippen LogP contribution in [0.2, 0.25) is 0 Å². The minimum absolute atomic E-state index is 0.112. The van der Waals surface area contributed by atoms with Crippen LogP contribution in [0.4, 0.5) is 0 Å². The van der Waals surface area contributed by atoms with Crippen LogP contribution in [0.15, 0.2) is 0 Å². The first-order valence-corrected chi connectivity index (χ1v) is 7.52. The maximum Gasteiger partial charge on any atom is 0.221 e. The molecular formula is C15H28N2O2. The quantitative estimate of drug-likeness (QED) is 0.803. The standard InChI is InChI=1S/C15H28N2O2/c1-12(2)16-15(19)8-10-17-9-6-4-5-7-14(17)11-13(3)18/h12,14H,4-11H2,1-3H3,(H,16,19). The van der Waals surface area contributed by atoms with E-state index in [0.29, 0.717) is 18.9 Å². The molecule has 1 amide bonds. The van der Waals surface area contributed by atoms with E-state index in [9.17, 15) is 9.59 Å². The molecule has 0 aliphatic carbocycles. The van der Waals surface area contributed by atoms with E-state index in [1.54, 1.807) is 6.92 Å². The van der Waals surface area contributed by atoms with E-state index in [0.717, 1.165) is 19.5 Å². The van der Waals surface area contributed by atoms with E-state index < -0.39 is 0 Å². The third kappa shape index (κ3) is 6.71. The number of nitrogens with zero attached hydrogens (tertiary/aromatic N) is 1. The molecule has 0 aromatic heterocycles. The number of hydrogen-bond donors (Lipinski definition) is 1. The van der Waals surface area contributed by atoms with Crippen LogP contribution < -0.4 is 5.32 Å². The molecule has 4 heteroatoms. The van der Waals surface area contributed by atoms with Crippen LogP contribution in [0.1, 0.15) is 59.3 Å². The molecule has 0 bridgehead atoms. The number of hydrogen-bond acceptors (Lipinski definition) is 3. The SMILES string of the molecule is CC(=O)CC1CCCCCN1CCC(=O)NC(C)C. The fourth-order valence-corrected chi connectivity index (χ4v) is 2.73. The predicted molar refractivity (Wildman–Crippen MR) is 77.0 cm³/mol. The van der Waals surface area contributed by atoms with Gasteiger partial charge in [-0.1, -0.05) is 12.8 Å². The van der Waals surface area contributed by atoms with Crippen molar-refractivity contribution in [1.82, 2.24) is 10.2 Å². The summed E-state index contributed by atoms with van der Waals surface area (Å²) in [6, 6.07) is 0.538. The summed E-state index contributed by atoms with van der Waals surface area (Å²) in [4.78, 5) is 25.4. The summed E-state index contributed by atoms with van der Waals surface area (Å²) in [7, 11) is 0. The van der Waals surface area contributed by atoms with Crippen LogP contribution in [-0.2, 0) is 9.59 Å². The van der Waals surface area contributed by atoms with E-state index in [1.807, 2.05) is 13.8 Å². The van der Waals surface area contributed by atoms with E-state index in [4.69, 9.17) is 0 Å². The zero-order valence-electron chi connectivity index (χ0n) is 12.6. The Kier molecular flexibility index (Phi) is 7.06. The van der Waals surface area contributed by atoms with Crippen LogP contribution in [0.5, 0.6) is 0 Å². The van der Waals surface area contributed by atoms with E-state index in [1.165, 1.54) is 19.3 Å². The molecule has 1 unspecified atom stereocenters. The van der Waals surface area contributed by atoms with E-state index in [2.05, 4.69) is 10.2 Å². The molecule has 1 N–H and O–H groups in total. The number of rotatable bonds is 6. The van der Waals surface area contributed by atoms with Crippen molar-refractivity contribution in [2.45, 2.75) is 71.4 Å². The summed E-state index contributed by atoms with van der Waals surface area (Å²) in [5.74, 6) is 0.365. The second-order valence-electron chi connectivity index (χ2n) is 5.92. The van der Waals surface area contributed by atoms with Crippen LogP contribution in [0.3, 0.4) is 0 Å². The molecule has 1 heterocycles. The Labute approximate surface area is 116 Å². The summed E-state index contributed by atoms with van der Waals surface area (Å²) in [5, 5.41) is 2.92. The van der Waals surface area contributed by atoms with Gasteiger partial charge in [0.05, 0.1) is 0 Å². The lowest BCUT2D eigenvalue weighted by molar-refractivity contribution is -0.122. The molecule has 0 aromatic rings. The Morgan fingerprint density at radius 2 is 2.00 bits per heavy atom. The molecular weight excluding hydrogens is 240 g/mol. The van der Waals surface area contributed by atoms with Crippen LogP contribution in [0.25, 0.3) is 0 Å². The van der Waals surface area contributed by atoms with Gasteiger partial charge in [-0.2, -0.15) is 0 Å². The van der Waals surface area contributed by atoms with Crippen LogP contribution in [-0.4, -0.2) is 41.8 Å². The lowest BCUT2D eigenvalue weighted by Crippen LogP contribution is -2.39. The van der Waals surface area contributed by atoms with Gasteiger partial charge in [0.2, 0.25) is 5.91 Å². The molecule has 1 fully saturated rings. The van der Waals surface area contributed by atoms with Crippen molar-refractivity contribution in [2.24, 2.45) is 0 Å². The van der Waals surface area contributed by atoms with Crippen LogP contribution in [0, 0.1) is 0 Å². The first-order valence-electron chi connectivity index (χ1n) is 7.52. The van der Waals surface area contributed by atoms with E-state index in [-0.39, 0.29) is 17.7 Å². The number of carbonyl (C=O) groups is 2. The van der Waals surface area contributed by atoms with Gasteiger partial charge in [-0.15, -0.1) is 0 Å². The summed E-state index contributed by atoms with van der Waals surface area (Å²) >= 11 is 0. The summed E-state index contributed by atoms with van der Waals surface area (Å²) in [6.07, 6.45) is 5.87. The fraction of sp³-hybridized carbons (Fsp3) is 0.867. The smallest absolute Gasteiger partial charge is 0.221 e. The molecule has 0 aromatic carbocycles. The minimum Gasteiger partial charge on any atom is -0.354 e. The second-order valence-corrected chi connectivity index (χ2v) is 5.92. The largest absolute Gasteiger partial charge is 0.354 e. The number of ketones is 1. The van der Waals surface area contributed by atoms with Gasteiger partial charge in [-0.3, -0.25) is 14.5 Å². The summed E-state index contributed by atoms with van der Waals surface area (Å²) < 4.78 is 0. The summed E-state index contributed by atoms with van der Waals surface area (Å²) in [6.45, 7) is 7.41. The highest BCUT2D eigenvalue weighted by Crippen LogP contribution is 2.19. The van der Waals surface area contributed by atoms with Crippen LogP contribution >= 0.6 is 0 Å². The van der Waals surface area contributed by atoms with Crippen molar-refractivity contribution < 1.29 is 9.59 Å². The first-order chi connectivity index (χ1) is 8.99. The Hall–Kier alpha value is -0.900. The van der Waals surface area contributed by atoms with Gasteiger partial charge in [0.25, 0.3) is 0 Å². The van der Waals surface area contributed by atoms with Gasteiger partial charge in [0.15, 0.2) is 0 Å². The molecule has 4 nitrogen and oxygen atoms in total. The number of Topliss-reactive ketones (excluding diaryl/α,β-unsaturated/α-hetero) is 1. The zero-order valence-corrected chi connectivity index (χ0v) is 12.6. The normalized spacial score (nSPS) is 21.2. The molecule has 0 spiro atoms. The van der Waals surface area contributed by atoms with Crippen molar-refractivity contribution >= 4 is 11.7 Å². The van der Waals surface area contributed by atoms with Gasteiger partial charge in [0, 0.05) is 31.5 Å². The Morgan fingerprint density at radius 3 is 2.63 bits per heavy atom. The predicted octanol–water partition coefficient (Wildman–Crippen LogP) is 2.12. The van der Waals surface area contributed by atoms with Crippen molar-refractivity contribution in [2.75, 3.05) is 13.1 Å². The molecule has 110 valence electrons. The molecule has 1 aliphatic rings. The number of likely N-dealkylation sites (tertiary alicyclic amines) is 1. The van der Waals surface area contributed by atoms with Gasteiger partial charge < -0.3 is 5.32 Å². The molecule has 1 rings (SSSR count). The number of amides is 1.